The van der Waals surface area contributed by atoms with E-state index in [9.17, 15) is 15.0 Å². The average molecular weight is 657 g/mol. The molecule has 1 aliphatic carbocycles. The number of phenolic OH excluding ortho intramolecular Hbond substituents is 1. The molecule has 7 N–H and O–H groups in total. The fourth-order valence-corrected chi connectivity index (χ4v) is 8.23. The quantitative estimate of drug-likeness (QED) is 0.259. The van der Waals surface area contributed by atoms with Crippen LogP contribution in [0.5, 0.6) is 5.75 Å². The molecule has 3 fully saturated rings. The van der Waals surface area contributed by atoms with Gasteiger partial charge in [0.05, 0.1) is 12.6 Å². The minimum atomic E-state index is -0.457. The van der Waals surface area contributed by atoms with Crippen LogP contribution in [-0.2, 0) is 11.2 Å². The summed E-state index contributed by atoms with van der Waals surface area (Å²) in [6.45, 7) is 9.96. The SMILES string of the molecule is CC(C)(C)OC(=O)N1CC2(CC(N3CCC(c4cnc(N5CCc6[nH]c(N)c(/C=C(\N)c7ccccc7O)c6C5CO)nc4)CC3)C2)C1. The van der Waals surface area contributed by atoms with E-state index in [-0.39, 0.29) is 23.9 Å². The topological polar surface area (TPSA) is 170 Å². The Morgan fingerprint density at radius 3 is 2.46 bits per heavy atom. The first-order valence-electron chi connectivity index (χ1n) is 17.1. The Morgan fingerprint density at radius 1 is 1.12 bits per heavy atom. The molecule has 1 saturated carbocycles. The Balaban J connectivity index is 0.961. The van der Waals surface area contributed by atoms with Crippen LogP contribution < -0.4 is 16.4 Å². The Bertz CT molecular complexity index is 1670. The molecule has 0 bridgehead atoms. The van der Waals surface area contributed by atoms with E-state index in [1.807, 2.05) is 49.0 Å². The molecule has 1 amide bonds. The zero-order chi connectivity index (χ0) is 33.8. The number of nitrogens with zero attached hydrogens (tertiary/aromatic N) is 5. The van der Waals surface area contributed by atoms with Crippen molar-refractivity contribution in [1.29, 1.82) is 0 Å². The van der Waals surface area contributed by atoms with E-state index in [4.69, 9.17) is 26.2 Å². The second-order valence-corrected chi connectivity index (χ2v) is 15.1. The third-order valence-electron chi connectivity index (χ3n) is 10.7. The highest BCUT2D eigenvalue weighted by atomic mass is 16.6. The number of carbonyl (C=O) groups excluding carboxylic acids is 1. The standard InChI is InChI=1S/C36H48N8O4/c1-35(2,3)48-34(47)43-20-36(21-43)15-24(16-36)42-11-8-22(9-12-42)23-17-39-33(40-18-23)44-13-10-28-31(29(44)19-45)26(32(38)41-28)14-27(37)25-6-4-5-7-30(25)46/h4-7,14,17-18,22,24,29,41,45-46H,8-13,15-16,19-21,37-38H2,1-3H3/b27-14-. The van der Waals surface area contributed by atoms with Gasteiger partial charge in [-0.3, -0.25) is 0 Å². The van der Waals surface area contributed by atoms with Gasteiger partial charge < -0.3 is 46.1 Å². The van der Waals surface area contributed by atoms with Gasteiger partial charge in [0, 0.05) is 78.0 Å². The van der Waals surface area contributed by atoms with Crippen molar-refractivity contribution >= 4 is 29.6 Å². The van der Waals surface area contributed by atoms with Gasteiger partial charge in [-0.1, -0.05) is 12.1 Å². The van der Waals surface area contributed by atoms with Crippen LogP contribution in [0.3, 0.4) is 0 Å². The summed E-state index contributed by atoms with van der Waals surface area (Å²) in [6, 6.07) is 7.10. The number of nitrogen functional groups attached to an aromatic ring is 1. The number of benzene rings is 1. The lowest BCUT2D eigenvalue weighted by atomic mass is 9.60. The Kier molecular flexibility index (Phi) is 8.27. The number of amides is 1. The van der Waals surface area contributed by atoms with Crippen molar-refractivity contribution in [2.45, 2.75) is 76.5 Å². The summed E-state index contributed by atoms with van der Waals surface area (Å²) >= 11 is 0. The fourth-order valence-electron chi connectivity index (χ4n) is 8.23. The van der Waals surface area contributed by atoms with Crippen molar-refractivity contribution in [2.24, 2.45) is 11.1 Å². The summed E-state index contributed by atoms with van der Waals surface area (Å²) in [6.07, 6.45) is 10.6. The number of H-pyrrole nitrogens is 1. The lowest BCUT2D eigenvalue weighted by Gasteiger charge is -2.61. The zero-order valence-corrected chi connectivity index (χ0v) is 28.2. The van der Waals surface area contributed by atoms with Crippen molar-refractivity contribution in [3.63, 3.8) is 0 Å². The average Bonchev–Trinajstić information content (AvgIpc) is 3.33. The molecule has 1 spiro atoms. The van der Waals surface area contributed by atoms with E-state index in [0.29, 0.717) is 53.5 Å². The monoisotopic (exact) mass is 656 g/mol. The smallest absolute Gasteiger partial charge is 0.410 e. The number of nitrogens with one attached hydrogen (secondary N) is 1. The van der Waals surface area contributed by atoms with Crippen LogP contribution in [0.1, 0.15) is 86.4 Å². The summed E-state index contributed by atoms with van der Waals surface area (Å²) in [7, 11) is 0. The molecule has 7 rings (SSSR count). The molecule has 1 atom stereocenters. The maximum Gasteiger partial charge on any atom is 0.410 e. The minimum Gasteiger partial charge on any atom is -0.507 e. The number of hydrogen-bond donors (Lipinski definition) is 5. The molecule has 1 aromatic carbocycles. The molecule has 0 radical (unpaired) electrons. The van der Waals surface area contributed by atoms with Crippen LogP contribution >= 0.6 is 0 Å². The van der Waals surface area contributed by atoms with Gasteiger partial charge in [-0.15, -0.1) is 0 Å². The molecule has 3 aromatic rings. The van der Waals surface area contributed by atoms with Crippen molar-refractivity contribution in [2.75, 3.05) is 50.0 Å². The van der Waals surface area contributed by atoms with Gasteiger partial charge in [-0.05, 0) is 89.2 Å². The van der Waals surface area contributed by atoms with Crippen LogP contribution in [-0.4, -0.2) is 92.0 Å². The van der Waals surface area contributed by atoms with Gasteiger partial charge in [-0.25, -0.2) is 14.8 Å². The Hall–Kier alpha value is -4.29. The highest BCUT2D eigenvalue weighted by molar-refractivity contribution is 5.86. The van der Waals surface area contributed by atoms with Crippen molar-refractivity contribution in [3.8, 4) is 5.75 Å². The molecule has 12 heteroatoms. The molecular weight excluding hydrogens is 608 g/mol. The number of para-hydroxylation sites is 1. The van der Waals surface area contributed by atoms with Gasteiger partial charge in [0.25, 0.3) is 0 Å². The highest BCUT2D eigenvalue weighted by Gasteiger charge is 2.55. The maximum atomic E-state index is 12.4. The first-order chi connectivity index (χ1) is 22.9. The summed E-state index contributed by atoms with van der Waals surface area (Å²) < 4.78 is 5.54. The second-order valence-electron chi connectivity index (χ2n) is 15.1. The number of nitrogens with two attached hydrogens (primary N) is 2. The van der Waals surface area contributed by atoms with E-state index in [2.05, 4.69) is 9.88 Å². The molecule has 256 valence electrons. The first-order valence-corrected chi connectivity index (χ1v) is 17.1. The number of aromatic nitrogens is 3. The molecule has 5 heterocycles. The van der Waals surface area contributed by atoms with Gasteiger partial charge in [-0.2, -0.15) is 0 Å². The number of aromatic hydroxyl groups is 1. The van der Waals surface area contributed by atoms with Crippen LogP contribution in [0, 0.1) is 5.41 Å². The first kappa shape index (κ1) is 32.3. The summed E-state index contributed by atoms with van der Waals surface area (Å²) in [5, 5.41) is 20.9. The molecule has 4 aliphatic rings. The number of phenols is 1. The van der Waals surface area contributed by atoms with E-state index >= 15 is 0 Å². The predicted octanol–water partition coefficient (Wildman–Crippen LogP) is 4.22. The number of aliphatic hydroxyl groups excluding tert-OH is 1. The largest absolute Gasteiger partial charge is 0.507 e. The number of hydrogen-bond acceptors (Lipinski definition) is 10. The van der Waals surface area contributed by atoms with Crippen LogP contribution in [0.2, 0.25) is 0 Å². The number of carbonyl (C=O) groups is 1. The number of fused-ring (bicyclic) bond motifs is 1. The number of rotatable bonds is 6. The fraction of sp³-hybridized carbons (Fsp3) is 0.528. The summed E-state index contributed by atoms with van der Waals surface area (Å²) in [4.78, 5) is 31.8. The van der Waals surface area contributed by atoms with Crippen LogP contribution in [0.25, 0.3) is 11.8 Å². The van der Waals surface area contributed by atoms with Crippen molar-refractivity contribution < 1.29 is 19.7 Å². The number of likely N-dealkylation sites (tertiary alicyclic amines) is 2. The normalized spacial score (nSPS) is 21.9. The molecule has 48 heavy (non-hydrogen) atoms. The minimum absolute atomic E-state index is 0.0898. The third-order valence-corrected chi connectivity index (χ3v) is 10.7. The Labute approximate surface area is 281 Å². The molecule has 3 aliphatic heterocycles. The third kappa shape index (κ3) is 6.07. The lowest BCUT2D eigenvalue weighted by molar-refractivity contribution is -0.110. The molecule has 12 nitrogen and oxygen atoms in total. The molecule has 1 unspecified atom stereocenters. The van der Waals surface area contributed by atoms with E-state index < -0.39 is 11.6 Å². The predicted molar refractivity (Wildman–Crippen MR) is 185 cm³/mol. The number of piperidine rings is 1. The van der Waals surface area contributed by atoms with Gasteiger partial charge in [0.2, 0.25) is 5.95 Å². The van der Waals surface area contributed by atoms with Crippen molar-refractivity contribution in [1.82, 2.24) is 24.8 Å². The number of anilines is 2. The van der Waals surface area contributed by atoms with Gasteiger partial charge >= 0.3 is 6.09 Å². The van der Waals surface area contributed by atoms with E-state index in [0.717, 1.165) is 68.7 Å². The van der Waals surface area contributed by atoms with Gasteiger partial charge in [0.15, 0.2) is 0 Å². The summed E-state index contributed by atoms with van der Waals surface area (Å²) in [5.41, 5.74) is 17.2. The zero-order valence-electron chi connectivity index (χ0n) is 28.2. The van der Waals surface area contributed by atoms with E-state index in [1.54, 1.807) is 24.3 Å². The molecule has 2 aromatic heterocycles. The maximum absolute atomic E-state index is 12.4. The highest BCUT2D eigenvalue weighted by Crippen LogP contribution is 2.51. The number of aliphatic hydroxyl groups is 1. The molecular formula is C36H48N8O4. The number of aromatic amines is 1. The summed E-state index contributed by atoms with van der Waals surface area (Å²) in [5.74, 6) is 1.54. The van der Waals surface area contributed by atoms with E-state index in [1.165, 1.54) is 0 Å². The van der Waals surface area contributed by atoms with Crippen LogP contribution in [0.4, 0.5) is 16.6 Å². The molecule has 2 saturated heterocycles. The lowest BCUT2D eigenvalue weighted by Crippen LogP contribution is -2.68. The Morgan fingerprint density at radius 2 is 1.81 bits per heavy atom. The number of ether oxygens (including phenoxy) is 1. The van der Waals surface area contributed by atoms with Crippen LogP contribution in [0.15, 0.2) is 36.7 Å². The van der Waals surface area contributed by atoms with Gasteiger partial charge in [0.1, 0.15) is 17.2 Å². The van der Waals surface area contributed by atoms with Crippen molar-refractivity contribution in [3.05, 3.63) is 64.6 Å². The second kappa shape index (κ2) is 12.3.